The molecule has 0 bridgehead atoms. The third-order valence-electron chi connectivity index (χ3n) is 5.95. The molecule has 1 fully saturated rings. The Labute approximate surface area is 206 Å². The lowest BCUT2D eigenvalue weighted by atomic mass is 9.97. The maximum Gasteiger partial charge on any atom is 0.416 e. The molecular formula is C24H23F9N2O2. The van der Waals surface area contributed by atoms with Crippen LogP contribution in [0.2, 0.25) is 0 Å². The molecule has 0 aromatic heterocycles. The molecule has 2 atom stereocenters. The summed E-state index contributed by atoms with van der Waals surface area (Å²) in [6.45, 7) is 3.59. The fourth-order valence-electron chi connectivity index (χ4n) is 4.01. The summed E-state index contributed by atoms with van der Waals surface area (Å²) in [6, 6.07) is 2.83. The van der Waals surface area contributed by atoms with Gasteiger partial charge >= 0.3 is 24.6 Å². The van der Waals surface area contributed by atoms with Crippen LogP contribution >= 0.6 is 0 Å². The first-order valence-corrected chi connectivity index (χ1v) is 11.2. The van der Waals surface area contributed by atoms with E-state index in [1.54, 1.807) is 0 Å². The van der Waals surface area contributed by atoms with E-state index in [-0.39, 0.29) is 18.2 Å². The molecule has 1 amide bonds. The minimum absolute atomic E-state index is 0.0408. The third-order valence-corrected chi connectivity index (χ3v) is 5.95. The second-order valence-electron chi connectivity index (χ2n) is 8.67. The lowest BCUT2D eigenvalue weighted by Gasteiger charge is -2.24. The van der Waals surface area contributed by atoms with Gasteiger partial charge in [-0.15, -0.1) is 0 Å². The number of carbonyl (C=O) groups excluding carboxylic acids is 1. The molecule has 0 unspecified atom stereocenters. The smallest absolute Gasteiger partial charge is 0.416 e. The fourth-order valence-corrected chi connectivity index (χ4v) is 4.01. The van der Waals surface area contributed by atoms with Crippen molar-refractivity contribution in [3.8, 4) is 0 Å². The maximum absolute atomic E-state index is 13.3. The van der Waals surface area contributed by atoms with Crippen LogP contribution < -0.4 is 5.32 Å². The Kier molecular flexibility index (Phi) is 8.06. The van der Waals surface area contributed by atoms with Crippen molar-refractivity contribution in [3.05, 3.63) is 69.8 Å². The Hall–Kier alpha value is -2.96. The number of nitrogens with zero attached hydrogens (tertiary/aromatic N) is 1. The number of benzene rings is 2. The van der Waals surface area contributed by atoms with Crippen molar-refractivity contribution in [1.29, 1.82) is 0 Å². The van der Waals surface area contributed by atoms with Gasteiger partial charge in [0, 0.05) is 13.1 Å². The lowest BCUT2D eigenvalue weighted by molar-refractivity contribution is -0.143. The predicted octanol–water partition coefficient (Wildman–Crippen LogP) is 7.32. The van der Waals surface area contributed by atoms with E-state index in [0.717, 1.165) is 23.5 Å². The second-order valence-corrected chi connectivity index (χ2v) is 8.67. The summed E-state index contributed by atoms with van der Waals surface area (Å²) in [4.78, 5) is 13.6. The van der Waals surface area contributed by atoms with Crippen LogP contribution in [0.3, 0.4) is 0 Å². The minimum Gasteiger partial charge on any atom is -0.439 e. The van der Waals surface area contributed by atoms with E-state index in [1.807, 2.05) is 6.92 Å². The molecule has 0 radical (unpaired) electrons. The number of amides is 1. The van der Waals surface area contributed by atoms with Crippen LogP contribution in [0, 0.1) is 0 Å². The van der Waals surface area contributed by atoms with Gasteiger partial charge in [0.25, 0.3) is 0 Å². The molecule has 1 aliphatic heterocycles. The van der Waals surface area contributed by atoms with Gasteiger partial charge in [0.2, 0.25) is 0 Å². The van der Waals surface area contributed by atoms with Crippen molar-refractivity contribution in [2.45, 2.75) is 64.0 Å². The number of hydrogen-bond acceptors (Lipinski definition) is 3. The quantitative estimate of drug-likeness (QED) is 0.294. The van der Waals surface area contributed by atoms with Gasteiger partial charge in [-0.2, -0.15) is 39.5 Å². The summed E-state index contributed by atoms with van der Waals surface area (Å²) >= 11 is 0. The summed E-state index contributed by atoms with van der Waals surface area (Å²) in [5.74, 6) is 0. The van der Waals surface area contributed by atoms with Crippen molar-refractivity contribution in [3.63, 3.8) is 0 Å². The van der Waals surface area contributed by atoms with Crippen LogP contribution in [-0.4, -0.2) is 23.6 Å². The molecule has 1 heterocycles. The molecule has 37 heavy (non-hydrogen) atoms. The van der Waals surface area contributed by atoms with Crippen molar-refractivity contribution in [2.24, 2.45) is 0 Å². The molecule has 204 valence electrons. The molecule has 13 heteroatoms. The van der Waals surface area contributed by atoms with Crippen LogP contribution in [0.1, 0.15) is 59.8 Å². The summed E-state index contributed by atoms with van der Waals surface area (Å²) in [5, 5.41) is 3.04. The van der Waals surface area contributed by atoms with E-state index >= 15 is 0 Å². The molecule has 1 aliphatic rings. The lowest BCUT2D eigenvalue weighted by Crippen LogP contribution is -2.32. The Morgan fingerprint density at radius 2 is 1.41 bits per heavy atom. The first-order chi connectivity index (χ1) is 17.0. The van der Waals surface area contributed by atoms with E-state index < -0.39 is 65.6 Å². The highest BCUT2D eigenvalue weighted by atomic mass is 19.4. The summed E-state index contributed by atoms with van der Waals surface area (Å²) < 4.78 is 125. The number of halogens is 9. The zero-order valence-electron chi connectivity index (χ0n) is 19.6. The molecule has 0 aliphatic carbocycles. The van der Waals surface area contributed by atoms with E-state index in [0.29, 0.717) is 24.2 Å². The second kappa shape index (κ2) is 10.4. The largest absolute Gasteiger partial charge is 0.439 e. The van der Waals surface area contributed by atoms with Crippen molar-refractivity contribution < 1.29 is 49.0 Å². The van der Waals surface area contributed by atoms with Gasteiger partial charge in [0.1, 0.15) is 6.10 Å². The van der Waals surface area contributed by atoms with Crippen LogP contribution in [-0.2, 0) is 36.4 Å². The van der Waals surface area contributed by atoms with Gasteiger partial charge in [-0.1, -0.05) is 13.0 Å². The number of alkyl halides is 9. The predicted molar refractivity (Wildman–Crippen MR) is 114 cm³/mol. The Morgan fingerprint density at radius 1 is 0.838 bits per heavy atom. The number of cyclic esters (lactones) is 1. The zero-order chi connectivity index (χ0) is 27.8. The first-order valence-electron chi connectivity index (χ1n) is 11.2. The molecule has 1 N–H and O–H groups in total. The molecule has 2 aromatic rings. The van der Waals surface area contributed by atoms with Gasteiger partial charge in [-0.3, -0.25) is 4.90 Å². The molecule has 0 saturated carbocycles. The van der Waals surface area contributed by atoms with E-state index in [2.05, 4.69) is 5.32 Å². The monoisotopic (exact) mass is 542 g/mol. The van der Waals surface area contributed by atoms with E-state index in [4.69, 9.17) is 4.74 Å². The van der Waals surface area contributed by atoms with Crippen LogP contribution in [0.25, 0.3) is 0 Å². The molecule has 1 saturated heterocycles. The summed E-state index contributed by atoms with van der Waals surface area (Å²) in [7, 11) is 0. The zero-order valence-corrected chi connectivity index (χ0v) is 19.6. The van der Waals surface area contributed by atoms with Crippen molar-refractivity contribution in [2.75, 3.05) is 6.54 Å². The van der Waals surface area contributed by atoms with E-state index in [1.165, 1.54) is 13.0 Å². The van der Waals surface area contributed by atoms with Gasteiger partial charge in [0.15, 0.2) is 0 Å². The van der Waals surface area contributed by atoms with Crippen LogP contribution in [0.15, 0.2) is 36.4 Å². The SMILES string of the molecule is CCCNCc1ccc(C(F)(F)F)cc1CN1C(=O)O[C@H](c2cc(C(F)(F)F)cc(C(F)(F)F)c2)[C@@H]1C. The molecule has 2 aromatic carbocycles. The average Bonchev–Trinajstić information content (AvgIpc) is 3.06. The molecule has 4 nitrogen and oxygen atoms in total. The van der Waals surface area contributed by atoms with Gasteiger partial charge < -0.3 is 10.1 Å². The number of hydrogen-bond donors (Lipinski definition) is 1. The van der Waals surface area contributed by atoms with Crippen LogP contribution in [0.4, 0.5) is 44.3 Å². The normalized spacial score (nSPS) is 18.9. The van der Waals surface area contributed by atoms with Gasteiger partial charge in [-0.05, 0) is 66.9 Å². The highest BCUT2D eigenvalue weighted by molar-refractivity contribution is 5.71. The minimum atomic E-state index is -5.10. The highest BCUT2D eigenvalue weighted by Gasteiger charge is 2.43. The Bertz CT molecular complexity index is 1090. The fraction of sp³-hybridized carbons (Fsp3) is 0.458. The Balaban J connectivity index is 1.96. The third kappa shape index (κ3) is 6.68. The van der Waals surface area contributed by atoms with Gasteiger partial charge in [0.05, 0.1) is 22.7 Å². The standard InChI is InChI=1S/C24H23F9N2O2/c1-3-6-34-11-14-4-5-17(22(25,26)27)9-16(14)12-35-13(2)20(37-21(35)36)15-7-18(23(28,29)30)10-19(8-15)24(31,32)33/h4-5,7-10,13,20,34H,3,6,11-12H2,1-2H3/t13-,20-/m0/s1. The Morgan fingerprint density at radius 3 is 1.92 bits per heavy atom. The topological polar surface area (TPSA) is 41.6 Å². The first kappa shape index (κ1) is 28.6. The van der Waals surface area contributed by atoms with Crippen LogP contribution in [0.5, 0.6) is 0 Å². The number of rotatable bonds is 7. The van der Waals surface area contributed by atoms with Gasteiger partial charge in [-0.25, -0.2) is 4.79 Å². The van der Waals surface area contributed by atoms with E-state index in [9.17, 15) is 44.3 Å². The number of ether oxygens (including phenoxy) is 1. The highest BCUT2D eigenvalue weighted by Crippen LogP contribution is 2.41. The molecular weight excluding hydrogens is 519 g/mol. The number of carbonyl (C=O) groups is 1. The summed E-state index contributed by atoms with van der Waals surface area (Å²) in [6.07, 6.45) is -16.7. The molecule has 0 spiro atoms. The molecule has 3 rings (SSSR count). The summed E-state index contributed by atoms with van der Waals surface area (Å²) in [5.41, 5.74) is -4.07. The maximum atomic E-state index is 13.3. The van der Waals surface area contributed by atoms with Crippen molar-refractivity contribution >= 4 is 6.09 Å². The number of nitrogens with one attached hydrogen (secondary N) is 1. The average molecular weight is 542 g/mol. The van der Waals surface area contributed by atoms with Crippen molar-refractivity contribution in [1.82, 2.24) is 10.2 Å².